The first-order valence-electron chi connectivity index (χ1n) is 8.12. The molecule has 10 nitrogen and oxygen atoms in total. The van der Waals surface area contributed by atoms with Gasteiger partial charge in [-0.25, -0.2) is 4.90 Å². The predicted molar refractivity (Wildman–Crippen MR) is 87.7 cm³/mol. The molecule has 0 saturated carbocycles. The van der Waals surface area contributed by atoms with Gasteiger partial charge in [0.1, 0.15) is 5.60 Å². The van der Waals surface area contributed by atoms with Crippen molar-refractivity contribution in [2.45, 2.75) is 18.6 Å². The lowest BCUT2D eigenvalue weighted by molar-refractivity contribution is -0.385. The van der Waals surface area contributed by atoms with Crippen molar-refractivity contribution < 1.29 is 33.9 Å². The smallest absolute Gasteiger partial charge is 0.313 e. The van der Waals surface area contributed by atoms with Crippen LogP contribution in [0.4, 0.5) is 11.4 Å². The summed E-state index contributed by atoms with van der Waals surface area (Å²) in [7, 11) is 0. The number of imide groups is 1. The molecule has 1 N–H and O–H groups in total. The topological polar surface area (TPSA) is 136 Å². The molecule has 2 fully saturated rings. The molecule has 27 heavy (non-hydrogen) atoms. The Morgan fingerprint density at radius 2 is 2.15 bits per heavy atom. The fraction of sp³-hybridized carbons (Fsp3) is 0.353. The van der Waals surface area contributed by atoms with Crippen LogP contribution >= 0.6 is 0 Å². The van der Waals surface area contributed by atoms with E-state index in [0.717, 1.165) is 24.0 Å². The molecule has 140 valence electrons. The number of carbonyl (C=O) groups excluding carboxylic acids is 3. The summed E-state index contributed by atoms with van der Waals surface area (Å²) in [5.74, 6) is -3.85. The number of benzene rings is 1. The van der Waals surface area contributed by atoms with E-state index < -0.39 is 58.5 Å². The normalized spacial score (nSPS) is 30.7. The maximum absolute atomic E-state index is 12.9. The molecular formula is C17H14N2O8. The third kappa shape index (κ3) is 2.30. The Balaban J connectivity index is 1.74. The van der Waals surface area contributed by atoms with Gasteiger partial charge in [0.05, 0.1) is 35.2 Å². The maximum atomic E-state index is 12.9. The lowest BCUT2D eigenvalue weighted by atomic mass is 9.77. The number of nitrogens with zero attached hydrogens (tertiary/aromatic N) is 2. The Labute approximate surface area is 152 Å². The van der Waals surface area contributed by atoms with Gasteiger partial charge >= 0.3 is 11.7 Å². The fourth-order valence-electron chi connectivity index (χ4n) is 3.97. The van der Waals surface area contributed by atoms with Crippen molar-refractivity contribution in [1.29, 1.82) is 0 Å². The molecule has 0 aliphatic carbocycles. The number of rotatable bonds is 4. The quantitative estimate of drug-likeness (QED) is 0.199. The molecule has 1 aromatic carbocycles. The summed E-state index contributed by atoms with van der Waals surface area (Å²) in [6, 6.07) is 3.47. The maximum Gasteiger partial charge on any atom is 0.313 e. The number of nitro benzene ring substituents is 1. The number of amides is 2. The van der Waals surface area contributed by atoms with Gasteiger partial charge in [0.15, 0.2) is 0 Å². The monoisotopic (exact) mass is 374 g/mol. The van der Waals surface area contributed by atoms with E-state index in [1.165, 1.54) is 6.07 Å². The first-order valence-corrected chi connectivity index (χ1v) is 8.12. The minimum atomic E-state index is -1.25. The number of esters is 1. The Morgan fingerprint density at radius 3 is 2.78 bits per heavy atom. The van der Waals surface area contributed by atoms with Gasteiger partial charge in [-0.15, -0.1) is 0 Å². The van der Waals surface area contributed by atoms with Crippen LogP contribution in [0.25, 0.3) is 0 Å². The summed E-state index contributed by atoms with van der Waals surface area (Å²) in [5.41, 5.74) is -1.80. The van der Waals surface area contributed by atoms with Crippen LogP contribution in [0.3, 0.4) is 0 Å². The molecule has 4 rings (SSSR count). The van der Waals surface area contributed by atoms with E-state index in [-0.39, 0.29) is 11.4 Å². The van der Waals surface area contributed by atoms with Crippen molar-refractivity contribution in [2.75, 3.05) is 11.5 Å². The predicted octanol–water partition coefficient (Wildman–Crippen LogP) is 0.325. The van der Waals surface area contributed by atoms with Crippen LogP contribution in [0, 0.1) is 22.0 Å². The summed E-state index contributed by atoms with van der Waals surface area (Å²) in [5, 5.41) is 21.0. The van der Waals surface area contributed by atoms with Crippen LogP contribution in [-0.4, -0.2) is 46.1 Å². The summed E-state index contributed by atoms with van der Waals surface area (Å²) in [6.07, 6.45) is 2.59. The molecule has 3 aliphatic rings. The van der Waals surface area contributed by atoms with Gasteiger partial charge in [-0.2, -0.15) is 0 Å². The van der Waals surface area contributed by atoms with Gasteiger partial charge < -0.3 is 14.6 Å². The average Bonchev–Trinajstić information content (AvgIpc) is 3.26. The summed E-state index contributed by atoms with van der Waals surface area (Å²) < 4.78 is 10.4. The summed E-state index contributed by atoms with van der Waals surface area (Å²) in [4.78, 5) is 48.3. The van der Waals surface area contributed by atoms with Crippen molar-refractivity contribution in [3.05, 3.63) is 40.5 Å². The molecule has 0 unspecified atom stereocenters. The zero-order chi connectivity index (χ0) is 19.5. The SMILES string of the molecule is CC(=O)Oc1ccc(N2C(=O)[C@H]3[C@H]4C=C[C@@](CO)(O4)[C@H]3C2=O)cc1[N+](=O)[O-]. The van der Waals surface area contributed by atoms with Crippen LogP contribution in [0.2, 0.25) is 0 Å². The second-order valence-electron chi connectivity index (χ2n) is 6.57. The van der Waals surface area contributed by atoms with Gasteiger partial charge in [-0.1, -0.05) is 12.2 Å². The number of carbonyl (C=O) groups is 3. The fourth-order valence-corrected chi connectivity index (χ4v) is 3.97. The van der Waals surface area contributed by atoms with Gasteiger partial charge in [0.2, 0.25) is 17.6 Å². The molecular weight excluding hydrogens is 360 g/mol. The minimum Gasteiger partial charge on any atom is -0.419 e. The van der Waals surface area contributed by atoms with Crippen molar-refractivity contribution in [3.63, 3.8) is 0 Å². The van der Waals surface area contributed by atoms with Crippen molar-refractivity contribution >= 4 is 29.2 Å². The molecule has 0 spiro atoms. The highest BCUT2D eigenvalue weighted by Gasteiger charge is 2.67. The Hall–Kier alpha value is -3.11. The lowest BCUT2D eigenvalue weighted by Gasteiger charge is -2.26. The van der Waals surface area contributed by atoms with E-state index in [9.17, 15) is 29.6 Å². The highest BCUT2D eigenvalue weighted by molar-refractivity contribution is 6.23. The van der Waals surface area contributed by atoms with Gasteiger partial charge in [-0.05, 0) is 12.1 Å². The third-order valence-electron chi connectivity index (χ3n) is 5.05. The zero-order valence-corrected chi connectivity index (χ0v) is 14.0. The molecule has 2 bridgehead atoms. The average molecular weight is 374 g/mol. The molecule has 10 heteroatoms. The number of nitro groups is 1. The molecule has 2 amide bonds. The molecule has 4 atom stereocenters. The Kier molecular flexibility index (Phi) is 3.65. The largest absolute Gasteiger partial charge is 0.419 e. The molecule has 3 heterocycles. The number of hydrogen-bond acceptors (Lipinski definition) is 8. The highest BCUT2D eigenvalue weighted by Crippen LogP contribution is 2.52. The van der Waals surface area contributed by atoms with Crippen LogP contribution in [0.1, 0.15) is 6.92 Å². The zero-order valence-electron chi connectivity index (χ0n) is 14.0. The molecule has 0 aromatic heterocycles. The number of ether oxygens (including phenoxy) is 2. The number of aliphatic hydroxyl groups is 1. The van der Waals surface area contributed by atoms with Crippen LogP contribution in [0.5, 0.6) is 5.75 Å². The second-order valence-corrected chi connectivity index (χ2v) is 6.57. The molecule has 1 aromatic rings. The van der Waals surface area contributed by atoms with E-state index >= 15 is 0 Å². The number of hydrogen-bond donors (Lipinski definition) is 1. The Morgan fingerprint density at radius 1 is 1.41 bits per heavy atom. The molecule has 0 radical (unpaired) electrons. The van der Waals surface area contributed by atoms with Crippen molar-refractivity contribution in [3.8, 4) is 5.75 Å². The standard InChI is InChI=1S/C17H14N2O8/c1-8(21)26-11-3-2-9(6-10(11)19(24)25)18-15(22)13-12-4-5-17(7-20,27-12)14(13)16(18)23/h2-6,12-14,20H,7H2,1H3/t12-,13+,14-,17+/m1/s1. The molecule has 3 aliphatic heterocycles. The van der Waals surface area contributed by atoms with E-state index in [0.29, 0.717) is 0 Å². The van der Waals surface area contributed by atoms with Crippen LogP contribution in [0.15, 0.2) is 30.4 Å². The van der Waals surface area contributed by atoms with E-state index in [1.807, 2.05) is 0 Å². The number of aliphatic hydroxyl groups excluding tert-OH is 1. The number of fused-ring (bicyclic) bond motifs is 5. The molecule has 2 saturated heterocycles. The van der Waals surface area contributed by atoms with Crippen LogP contribution in [-0.2, 0) is 19.1 Å². The number of anilines is 1. The first-order chi connectivity index (χ1) is 12.8. The van der Waals surface area contributed by atoms with Crippen LogP contribution < -0.4 is 9.64 Å². The van der Waals surface area contributed by atoms with E-state index in [4.69, 9.17) is 9.47 Å². The summed E-state index contributed by atoms with van der Waals surface area (Å²) in [6.45, 7) is 0.642. The third-order valence-corrected chi connectivity index (χ3v) is 5.05. The minimum absolute atomic E-state index is 0.00510. The Bertz CT molecular complexity index is 926. The van der Waals surface area contributed by atoms with Gasteiger partial charge in [-0.3, -0.25) is 24.5 Å². The second kappa shape index (κ2) is 5.69. The van der Waals surface area contributed by atoms with E-state index in [2.05, 4.69) is 0 Å². The first kappa shape index (κ1) is 17.3. The highest BCUT2D eigenvalue weighted by atomic mass is 16.6. The van der Waals surface area contributed by atoms with Crippen molar-refractivity contribution in [1.82, 2.24) is 0 Å². The van der Waals surface area contributed by atoms with Gasteiger partial charge in [0.25, 0.3) is 0 Å². The van der Waals surface area contributed by atoms with E-state index in [1.54, 1.807) is 12.2 Å². The van der Waals surface area contributed by atoms with Gasteiger partial charge in [0, 0.05) is 13.0 Å². The summed E-state index contributed by atoms with van der Waals surface area (Å²) >= 11 is 0. The van der Waals surface area contributed by atoms with Crippen molar-refractivity contribution in [2.24, 2.45) is 11.8 Å². The lowest BCUT2D eigenvalue weighted by Crippen LogP contribution is -2.43.